The number of nitrogens with zero attached hydrogens (tertiary/aromatic N) is 1. The Morgan fingerprint density at radius 3 is 2.89 bits per heavy atom. The molecule has 0 saturated heterocycles. The van der Waals surface area contributed by atoms with Crippen LogP contribution >= 0.6 is 39.3 Å². The van der Waals surface area contributed by atoms with Gasteiger partial charge in [0.15, 0.2) is 0 Å². The van der Waals surface area contributed by atoms with Crippen molar-refractivity contribution in [3.05, 3.63) is 51.6 Å². The molecule has 100 valence electrons. The van der Waals surface area contributed by atoms with Crippen molar-refractivity contribution in [2.75, 3.05) is 0 Å². The van der Waals surface area contributed by atoms with Gasteiger partial charge in [-0.2, -0.15) is 0 Å². The topological polar surface area (TPSA) is 38.9 Å². The Hall–Kier alpha value is -0.550. The first-order valence-electron chi connectivity index (χ1n) is 5.88. The van der Waals surface area contributed by atoms with Gasteiger partial charge < -0.3 is 5.73 Å². The summed E-state index contributed by atoms with van der Waals surface area (Å²) in [5.41, 5.74) is 7.11. The van der Waals surface area contributed by atoms with Gasteiger partial charge in [0.05, 0.1) is 5.02 Å². The van der Waals surface area contributed by atoms with Crippen LogP contribution < -0.4 is 5.73 Å². The molecule has 2 nitrogen and oxygen atoms in total. The molecular weight excluding hydrogens is 344 g/mol. The van der Waals surface area contributed by atoms with Gasteiger partial charge in [-0.15, -0.1) is 0 Å². The lowest BCUT2D eigenvalue weighted by Crippen LogP contribution is -2.18. The Balaban J connectivity index is 2.32. The van der Waals surface area contributed by atoms with Crippen LogP contribution in [0, 0.1) is 0 Å². The molecule has 0 saturated carbocycles. The van der Waals surface area contributed by atoms with E-state index in [1.54, 1.807) is 18.0 Å². The average Bonchev–Trinajstić information content (AvgIpc) is 2.34. The third-order valence-electron chi connectivity index (χ3n) is 2.50. The van der Waals surface area contributed by atoms with Gasteiger partial charge in [0.25, 0.3) is 0 Å². The predicted molar refractivity (Wildman–Crippen MR) is 84.9 cm³/mol. The van der Waals surface area contributed by atoms with Crippen LogP contribution in [0.15, 0.2) is 50.9 Å². The smallest absolute Gasteiger partial charge is 0.119 e. The Kier molecular flexibility index (Phi) is 5.28. The molecule has 2 N–H and O–H groups in total. The number of pyridine rings is 1. The molecule has 0 fully saturated rings. The van der Waals surface area contributed by atoms with Crippen molar-refractivity contribution in [3.63, 3.8) is 0 Å². The highest BCUT2D eigenvalue weighted by molar-refractivity contribution is 9.10. The van der Waals surface area contributed by atoms with E-state index in [1.807, 2.05) is 25.1 Å². The molecule has 2 rings (SSSR count). The van der Waals surface area contributed by atoms with Crippen molar-refractivity contribution in [2.24, 2.45) is 5.73 Å². The number of hydrogen-bond acceptors (Lipinski definition) is 3. The summed E-state index contributed by atoms with van der Waals surface area (Å²) in [4.78, 5) is 5.44. The monoisotopic (exact) mass is 356 g/mol. The molecule has 1 aromatic carbocycles. The number of hydrogen-bond donors (Lipinski definition) is 1. The molecule has 1 aromatic heterocycles. The van der Waals surface area contributed by atoms with Gasteiger partial charge in [-0.3, -0.25) is 0 Å². The van der Waals surface area contributed by atoms with E-state index in [2.05, 4.69) is 33.0 Å². The number of aromatic nitrogens is 1. The summed E-state index contributed by atoms with van der Waals surface area (Å²) in [6.07, 6.45) is 2.57. The molecule has 19 heavy (non-hydrogen) atoms. The van der Waals surface area contributed by atoms with Crippen molar-refractivity contribution in [1.29, 1.82) is 0 Å². The molecule has 0 bridgehead atoms. The first-order valence-corrected chi connectivity index (χ1v) is 7.87. The van der Waals surface area contributed by atoms with Crippen LogP contribution in [0.5, 0.6) is 0 Å². The maximum Gasteiger partial charge on any atom is 0.119 e. The highest BCUT2D eigenvalue weighted by Gasteiger charge is 2.10. The average molecular weight is 358 g/mol. The molecular formula is C14H14BrClN2S. The zero-order valence-electron chi connectivity index (χ0n) is 10.4. The van der Waals surface area contributed by atoms with Crippen LogP contribution in [-0.4, -0.2) is 11.0 Å². The zero-order valence-corrected chi connectivity index (χ0v) is 13.6. The van der Waals surface area contributed by atoms with Crippen molar-refractivity contribution in [3.8, 4) is 0 Å². The molecule has 1 atom stereocenters. The summed E-state index contributed by atoms with van der Waals surface area (Å²) >= 11 is 11.2. The van der Waals surface area contributed by atoms with Crippen LogP contribution in [0.3, 0.4) is 0 Å². The lowest BCUT2D eigenvalue weighted by Gasteiger charge is -2.12. The summed E-state index contributed by atoms with van der Waals surface area (Å²) in [6, 6.07) is 9.98. The van der Waals surface area contributed by atoms with Crippen molar-refractivity contribution < 1.29 is 0 Å². The number of rotatable bonds is 4. The third-order valence-corrected chi connectivity index (χ3v) is 4.54. The van der Waals surface area contributed by atoms with Crippen LogP contribution in [0.2, 0.25) is 5.02 Å². The fourth-order valence-corrected chi connectivity index (χ4v) is 3.25. The molecule has 0 aliphatic heterocycles. The fourth-order valence-electron chi connectivity index (χ4n) is 1.70. The zero-order chi connectivity index (χ0) is 13.8. The van der Waals surface area contributed by atoms with E-state index in [4.69, 9.17) is 17.3 Å². The second kappa shape index (κ2) is 6.75. The predicted octanol–water partition coefficient (Wildman–Crippen LogP) is 4.54. The van der Waals surface area contributed by atoms with Gasteiger partial charge in [0.2, 0.25) is 0 Å². The molecule has 1 unspecified atom stereocenters. The summed E-state index contributed by atoms with van der Waals surface area (Å²) in [6.45, 7) is 2.00. The van der Waals surface area contributed by atoms with E-state index < -0.39 is 0 Å². The van der Waals surface area contributed by atoms with Gasteiger partial charge in [-0.05, 0) is 49.2 Å². The van der Waals surface area contributed by atoms with Gasteiger partial charge >= 0.3 is 0 Å². The van der Waals surface area contributed by atoms with Gasteiger partial charge in [0, 0.05) is 21.6 Å². The van der Waals surface area contributed by atoms with E-state index in [1.165, 1.54) is 5.56 Å². The molecule has 1 heterocycles. The van der Waals surface area contributed by atoms with Gasteiger partial charge in [0.1, 0.15) is 5.03 Å². The van der Waals surface area contributed by atoms with Crippen LogP contribution in [0.25, 0.3) is 0 Å². The first-order chi connectivity index (χ1) is 9.06. The highest BCUT2D eigenvalue weighted by atomic mass is 79.9. The molecule has 0 spiro atoms. The Labute approximate surface area is 130 Å². The Morgan fingerprint density at radius 2 is 2.21 bits per heavy atom. The Morgan fingerprint density at radius 1 is 1.42 bits per heavy atom. The van der Waals surface area contributed by atoms with Crippen LogP contribution in [0.1, 0.15) is 12.5 Å². The van der Waals surface area contributed by atoms with E-state index in [0.29, 0.717) is 5.02 Å². The standard InChI is InChI=1S/C14H14BrClN2S/c1-9(17)7-10-8-11(15)4-5-13(10)19-14-12(16)3-2-6-18-14/h2-6,8-9H,7,17H2,1H3. The van der Waals surface area contributed by atoms with E-state index in [0.717, 1.165) is 20.8 Å². The SMILES string of the molecule is CC(N)Cc1cc(Br)ccc1Sc1ncccc1Cl. The minimum Gasteiger partial charge on any atom is -0.328 e. The van der Waals surface area contributed by atoms with E-state index >= 15 is 0 Å². The van der Waals surface area contributed by atoms with E-state index in [-0.39, 0.29) is 6.04 Å². The van der Waals surface area contributed by atoms with Crippen LogP contribution in [-0.2, 0) is 6.42 Å². The van der Waals surface area contributed by atoms with Crippen molar-refractivity contribution in [2.45, 2.75) is 29.3 Å². The van der Waals surface area contributed by atoms with Crippen molar-refractivity contribution in [1.82, 2.24) is 4.98 Å². The summed E-state index contributed by atoms with van der Waals surface area (Å²) in [5.74, 6) is 0. The molecule has 0 amide bonds. The fraction of sp³-hybridized carbons (Fsp3) is 0.214. The summed E-state index contributed by atoms with van der Waals surface area (Å²) in [5, 5.41) is 1.49. The maximum absolute atomic E-state index is 6.15. The number of halogens is 2. The quantitative estimate of drug-likeness (QED) is 0.873. The minimum absolute atomic E-state index is 0.118. The van der Waals surface area contributed by atoms with Gasteiger partial charge in [-0.1, -0.05) is 39.3 Å². The Bertz CT molecular complexity index is 575. The van der Waals surface area contributed by atoms with Crippen molar-refractivity contribution >= 4 is 39.3 Å². The molecule has 0 aliphatic carbocycles. The molecule has 0 aliphatic rings. The second-order valence-corrected chi connectivity index (χ2v) is 6.68. The maximum atomic E-state index is 6.15. The number of nitrogens with two attached hydrogens (primary N) is 1. The largest absolute Gasteiger partial charge is 0.328 e. The lowest BCUT2D eigenvalue weighted by atomic mass is 10.1. The highest BCUT2D eigenvalue weighted by Crippen LogP contribution is 2.34. The molecule has 5 heteroatoms. The van der Waals surface area contributed by atoms with Gasteiger partial charge in [-0.25, -0.2) is 4.98 Å². The van der Waals surface area contributed by atoms with Crippen LogP contribution in [0.4, 0.5) is 0 Å². The molecule has 0 radical (unpaired) electrons. The summed E-state index contributed by atoms with van der Waals surface area (Å²) in [7, 11) is 0. The molecule has 2 aromatic rings. The normalized spacial score (nSPS) is 12.4. The lowest BCUT2D eigenvalue weighted by molar-refractivity contribution is 0.729. The van der Waals surface area contributed by atoms with E-state index in [9.17, 15) is 0 Å². The number of benzene rings is 1. The second-order valence-electron chi connectivity index (χ2n) is 4.33. The third kappa shape index (κ3) is 4.21. The minimum atomic E-state index is 0.118. The first kappa shape index (κ1) is 14.9. The summed E-state index contributed by atoms with van der Waals surface area (Å²) < 4.78 is 1.06.